The average Bonchev–Trinajstić information content (AvgIpc) is 3.46. The van der Waals surface area contributed by atoms with Gasteiger partial charge >= 0.3 is 5.63 Å². The summed E-state index contributed by atoms with van der Waals surface area (Å²) in [6.07, 6.45) is 0.437. The van der Waals surface area contributed by atoms with Gasteiger partial charge in [-0.3, -0.25) is 0 Å². The number of aryl methyl sites for hydroxylation is 3. The molecule has 12 heteroatoms. The van der Waals surface area contributed by atoms with Crippen molar-refractivity contribution >= 4 is 11.0 Å². The van der Waals surface area contributed by atoms with Crippen LogP contribution >= 0.6 is 0 Å². The minimum absolute atomic E-state index is 0.0741. The van der Waals surface area contributed by atoms with Crippen LogP contribution in [0.15, 0.2) is 51.7 Å². The lowest BCUT2D eigenvalue weighted by Gasteiger charge is -2.14. The molecule has 0 aliphatic carbocycles. The van der Waals surface area contributed by atoms with Gasteiger partial charge in [-0.25, -0.2) is 4.79 Å². The van der Waals surface area contributed by atoms with Crippen LogP contribution in [0.25, 0.3) is 11.0 Å². The molecule has 178 valence electrons. The van der Waals surface area contributed by atoms with Crippen molar-refractivity contribution in [3.63, 3.8) is 0 Å². The second-order valence-corrected chi connectivity index (χ2v) is 7.92. The van der Waals surface area contributed by atoms with E-state index in [9.17, 15) is 4.79 Å². The van der Waals surface area contributed by atoms with E-state index in [2.05, 4.69) is 30.8 Å². The van der Waals surface area contributed by atoms with E-state index in [-0.39, 0.29) is 13.2 Å². The van der Waals surface area contributed by atoms with Crippen molar-refractivity contribution in [2.24, 2.45) is 14.1 Å². The number of ether oxygens (including phenoxy) is 2. The van der Waals surface area contributed by atoms with E-state index in [1.165, 1.54) is 9.59 Å². The molecule has 0 bridgehead atoms. The lowest BCUT2D eigenvalue weighted by atomic mass is 9.99. The fourth-order valence-corrected chi connectivity index (χ4v) is 3.74. The normalized spacial score (nSPS) is 11.2. The summed E-state index contributed by atoms with van der Waals surface area (Å²) >= 11 is 0. The molecule has 0 amide bonds. The number of benzene rings is 2. The van der Waals surface area contributed by atoms with E-state index in [1.807, 2.05) is 37.3 Å². The lowest BCUT2D eigenvalue weighted by molar-refractivity contribution is 0.281. The minimum atomic E-state index is -0.409. The van der Waals surface area contributed by atoms with E-state index in [4.69, 9.17) is 13.9 Å². The fraction of sp³-hybridized carbons (Fsp3) is 0.261. The highest BCUT2D eigenvalue weighted by Gasteiger charge is 2.18. The van der Waals surface area contributed by atoms with Gasteiger partial charge in [-0.15, -0.1) is 20.4 Å². The van der Waals surface area contributed by atoms with Crippen molar-refractivity contribution in [2.75, 3.05) is 0 Å². The molecule has 0 N–H and O–H groups in total. The molecular weight excluding hydrogens is 452 g/mol. The van der Waals surface area contributed by atoms with Crippen LogP contribution in [-0.2, 0) is 33.7 Å². The Labute approximate surface area is 199 Å². The number of fused-ring (bicyclic) bond motifs is 1. The second kappa shape index (κ2) is 9.33. The van der Waals surface area contributed by atoms with E-state index in [0.717, 1.165) is 11.1 Å². The Morgan fingerprint density at radius 1 is 0.914 bits per heavy atom. The summed E-state index contributed by atoms with van der Waals surface area (Å²) in [5, 5.41) is 24.5. The summed E-state index contributed by atoms with van der Waals surface area (Å²) in [4.78, 5) is 15.6. The second-order valence-electron chi connectivity index (χ2n) is 7.92. The number of tetrazole rings is 2. The van der Waals surface area contributed by atoms with E-state index >= 15 is 0 Å². The first kappa shape index (κ1) is 22.2. The molecule has 12 nitrogen and oxygen atoms in total. The van der Waals surface area contributed by atoms with Crippen molar-refractivity contribution in [1.29, 1.82) is 0 Å². The van der Waals surface area contributed by atoms with Gasteiger partial charge in [0.1, 0.15) is 17.1 Å². The maximum absolute atomic E-state index is 12.9. The molecule has 3 heterocycles. The Hall–Kier alpha value is -4.61. The number of aromatic nitrogens is 8. The molecule has 0 saturated heterocycles. The van der Waals surface area contributed by atoms with Crippen molar-refractivity contribution in [3.8, 4) is 11.5 Å². The molecule has 2 aromatic carbocycles. The monoisotopic (exact) mass is 474 g/mol. The number of hydrogen-bond donors (Lipinski definition) is 0. The van der Waals surface area contributed by atoms with Crippen LogP contribution in [0.1, 0.15) is 28.3 Å². The van der Waals surface area contributed by atoms with Gasteiger partial charge in [0.05, 0.1) is 19.5 Å². The largest absolute Gasteiger partial charge is 0.485 e. The number of rotatable bonds is 8. The van der Waals surface area contributed by atoms with Crippen LogP contribution in [0.4, 0.5) is 0 Å². The van der Waals surface area contributed by atoms with Gasteiger partial charge in [-0.05, 0) is 28.5 Å². The van der Waals surface area contributed by atoms with Crippen LogP contribution in [-0.4, -0.2) is 40.4 Å². The summed E-state index contributed by atoms with van der Waals surface area (Å²) in [5.41, 5.74) is 2.27. The zero-order chi connectivity index (χ0) is 24.4. The first-order valence-electron chi connectivity index (χ1n) is 10.8. The molecule has 5 rings (SSSR count). The SMILES string of the molecule is Cc1c(Cc2ccccc2)c(=O)oc2cc(OCc3nnn(C)n3)cc(OCc3nnn(C)n3)c12. The molecule has 0 fully saturated rings. The Balaban J connectivity index is 1.54. The quantitative estimate of drug-likeness (QED) is 0.307. The third-order valence-corrected chi connectivity index (χ3v) is 5.36. The molecular formula is C23H22N8O4. The van der Waals surface area contributed by atoms with E-state index < -0.39 is 5.63 Å². The minimum Gasteiger partial charge on any atom is -0.485 e. The van der Waals surface area contributed by atoms with E-state index in [1.54, 1.807) is 26.2 Å². The average molecular weight is 474 g/mol. The van der Waals surface area contributed by atoms with Crippen molar-refractivity contribution in [1.82, 2.24) is 40.4 Å². The molecule has 3 aromatic heterocycles. The smallest absolute Gasteiger partial charge is 0.340 e. The van der Waals surface area contributed by atoms with E-state index in [0.29, 0.717) is 46.1 Å². The maximum Gasteiger partial charge on any atom is 0.340 e. The van der Waals surface area contributed by atoms with Crippen molar-refractivity contribution in [3.05, 3.63) is 81.2 Å². The molecule has 0 spiro atoms. The molecule has 0 saturated carbocycles. The van der Waals surface area contributed by atoms with Gasteiger partial charge in [-0.1, -0.05) is 30.3 Å². The van der Waals surface area contributed by atoms with Crippen LogP contribution in [0.3, 0.4) is 0 Å². The van der Waals surface area contributed by atoms with Crippen LogP contribution < -0.4 is 15.1 Å². The molecule has 0 aliphatic rings. The summed E-state index contributed by atoms with van der Waals surface area (Å²) < 4.78 is 17.6. The van der Waals surface area contributed by atoms with Crippen molar-refractivity contribution in [2.45, 2.75) is 26.6 Å². The predicted octanol–water partition coefficient (Wildman–Crippen LogP) is 1.90. The summed E-state index contributed by atoms with van der Waals surface area (Å²) in [6.45, 7) is 2.04. The summed E-state index contributed by atoms with van der Waals surface area (Å²) in [7, 11) is 3.35. The molecule has 5 aromatic rings. The Morgan fingerprint density at radius 2 is 1.57 bits per heavy atom. The zero-order valence-electron chi connectivity index (χ0n) is 19.4. The van der Waals surface area contributed by atoms with Gasteiger partial charge in [-0.2, -0.15) is 9.59 Å². The van der Waals surface area contributed by atoms with Gasteiger partial charge in [0.15, 0.2) is 13.2 Å². The third-order valence-electron chi connectivity index (χ3n) is 5.36. The Kier molecular flexibility index (Phi) is 5.92. The van der Waals surface area contributed by atoms with Crippen molar-refractivity contribution < 1.29 is 13.9 Å². The van der Waals surface area contributed by atoms with Crippen LogP contribution in [0.5, 0.6) is 11.5 Å². The fourth-order valence-electron chi connectivity index (χ4n) is 3.74. The zero-order valence-corrected chi connectivity index (χ0v) is 19.4. The molecule has 0 atom stereocenters. The predicted molar refractivity (Wildman–Crippen MR) is 123 cm³/mol. The van der Waals surface area contributed by atoms with Crippen LogP contribution in [0, 0.1) is 6.92 Å². The molecule has 0 radical (unpaired) electrons. The summed E-state index contributed by atoms with van der Waals surface area (Å²) in [6, 6.07) is 13.1. The summed E-state index contributed by atoms with van der Waals surface area (Å²) in [5.74, 6) is 1.71. The topological polar surface area (TPSA) is 136 Å². The molecule has 0 aliphatic heterocycles. The highest BCUT2D eigenvalue weighted by Crippen LogP contribution is 2.35. The van der Waals surface area contributed by atoms with Gasteiger partial charge in [0.25, 0.3) is 0 Å². The van der Waals surface area contributed by atoms with Crippen LogP contribution in [0.2, 0.25) is 0 Å². The van der Waals surface area contributed by atoms with Gasteiger partial charge < -0.3 is 13.9 Å². The number of nitrogens with zero attached hydrogens (tertiary/aromatic N) is 8. The molecule has 0 unspecified atom stereocenters. The standard InChI is InChI=1S/C23H22N8O4/c1-14-17(9-15-7-5-4-6-8-15)23(32)35-19-11-16(33-12-20-24-28-30(2)26-20)10-18(22(14)19)34-13-21-25-29-31(3)27-21/h4-8,10-11H,9,12-13H2,1-3H3. The highest BCUT2D eigenvalue weighted by molar-refractivity contribution is 5.89. The third kappa shape index (κ3) is 4.86. The highest BCUT2D eigenvalue weighted by atomic mass is 16.5. The molecule has 35 heavy (non-hydrogen) atoms. The lowest BCUT2D eigenvalue weighted by Crippen LogP contribution is -2.12. The first-order chi connectivity index (χ1) is 17.0. The Bertz CT molecular complexity index is 1540. The van der Waals surface area contributed by atoms with Gasteiger partial charge in [0, 0.05) is 24.1 Å². The number of hydrogen-bond acceptors (Lipinski definition) is 10. The van der Waals surface area contributed by atoms with Gasteiger partial charge in [0.2, 0.25) is 11.6 Å². The Morgan fingerprint density at radius 3 is 2.20 bits per heavy atom. The maximum atomic E-state index is 12.9. The first-order valence-corrected chi connectivity index (χ1v) is 10.8.